The summed E-state index contributed by atoms with van der Waals surface area (Å²) in [5.41, 5.74) is 1.76. The zero-order chi connectivity index (χ0) is 19.6. The number of nitrogens with one attached hydrogen (secondary N) is 1. The molecule has 0 unspecified atom stereocenters. The molecule has 0 aliphatic carbocycles. The van der Waals surface area contributed by atoms with Crippen LogP contribution in [-0.2, 0) is 23.6 Å². The third kappa shape index (κ3) is 4.01. The molecule has 0 spiro atoms. The van der Waals surface area contributed by atoms with Crippen LogP contribution < -0.4 is 9.46 Å². The maximum atomic E-state index is 12.8. The Bertz CT molecular complexity index is 927. The monoisotopic (exact) mass is 391 g/mol. The SMILES string of the molecule is COc1ccc(CNS(=O)(=O)c2cc(C(=O)N3CCCC3)n(C)c2C)cc1. The molecular formula is C19H25N3O4S. The van der Waals surface area contributed by atoms with Crippen molar-refractivity contribution < 1.29 is 17.9 Å². The highest BCUT2D eigenvalue weighted by Crippen LogP contribution is 2.22. The van der Waals surface area contributed by atoms with Gasteiger partial charge < -0.3 is 14.2 Å². The van der Waals surface area contributed by atoms with Crippen molar-refractivity contribution >= 4 is 15.9 Å². The molecule has 0 atom stereocenters. The van der Waals surface area contributed by atoms with Gasteiger partial charge in [0.15, 0.2) is 0 Å². The first-order valence-corrected chi connectivity index (χ1v) is 10.4. The number of aromatic nitrogens is 1. The molecule has 0 bridgehead atoms. The first-order valence-electron chi connectivity index (χ1n) is 8.91. The minimum Gasteiger partial charge on any atom is -0.497 e. The van der Waals surface area contributed by atoms with E-state index in [1.54, 1.807) is 42.7 Å². The first-order chi connectivity index (χ1) is 12.8. The van der Waals surface area contributed by atoms with E-state index in [9.17, 15) is 13.2 Å². The molecule has 2 aromatic rings. The van der Waals surface area contributed by atoms with Crippen LogP contribution in [0.4, 0.5) is 0 Å². The molecular weight excluding hydrogens is 366 g/mol. The summed E-state index contributed by atoms with van der Waals surface area (Å²) < 4.78 is 34.9. The molecule has 2 heterocycles. The Morgan fingerprint density at radius 1 is 1.19 bits per heavy atom. The molecule has 7 nitrogen and oxygen atoms in total. The lowest BCUT2D eigenvalue weighted by Gasteiger charge is -2.15. The number of sulfonamides is 1. The van der Waals surface area contributed by atoms with Gasteiger partial charge in [-0.15, -0.1) is 0 Å². The Labute approximate surface area is 160 Å². The van der Waals surface area contributed by atoms with Crippen LogP contribution in [0, 0.1) is 6.92 Å². The Hall–Kier alpha value is -2.32. The minimum atomic E-state index is -3.74. The number of hydrogen-bond donors (Lipinski definition) is 1. The van der Waals surface area contributed by atoms with E-state index in [1.165, 1.54) is 6.07 Å². The van der Waals surface area contributed by atoms with Gasteiger partial charge in [-0.05, 0) is 43.5 Å². The third-order valence-corrected chi connectivity index (χ3v) is 6.53. The van der Waals surface area contributed by atoms with Gasteiger partial charge in [0.1, 0.15) is 16.3 Å². The molecule has 1 aliphatic heterocycles. The van der Waals surface area contributed by atoms with E-state index in [2.05, 4.69) is 4.72 Å². The Balaban J connectivity index is 1.79. The number of likely N-dealkylation sites (tertiary alicyclic amines) is 1. The van der Waals surface area contributed by atoms with Crippen molar-refractivity contribution in [1.82, 2.24) is 14.2 Å². The van der Waals surface area contributed by atoms with E-state index in [-0.39, 0.29) is 17.3 Å². The van der Waals surface area contributed by atoms with Crippen LogP contribution in [0.5, 0.6) is 5.75 Å². The number of carbonyl (C=O) groups excluding carboxylic acids is 1. The van der Waals surface area contributed by atoms with Gasteiger partial charge >= 0.3 is 0 Å². The number of hydrogen-bond acceptors (Lipinski definition) is 4. The molecule has 1 aromatic heterocycles. The largest absolute Gasteiger partial charge is 0.497 e. The fourth-order valence-corrected chi connectivity index (χ4v) is 4.54. The molecule has 1 amide bonds. The quantitative estimate of drug-likeness (QED) is 0.817. The van der Waals surface area contributed by atoms with E-state index >= 15 is 0 Å². The van der Waals surface area contributed by atoms with Gasteiger partial charge in [-0.1, -0.05) is 12.1 Å². The lowest BCUT2D eigenvalue weighted by atomic mass is 10.2. The summed E-state index contributed by atoms with van der Waals surface area (Å²) in [6.07, 6.45) is 1.98. The molecule has 1 N–H and O–H groups in total. The Kier molecular flexibility index (Phi) is 5.57. The number of methoxy groups -OCH3 is 1. The summed E-state index contributed by atoms with van der Waals surface area (Å²) in [4.78, 5) is 14.6. The maximum Gasteiger partial charge on any atom is 0.270 e. The average Bonchev–Trinajstić information content (AvgIpc) is 3.30. The zero-order valence-electron chi connectivity index (χ0n) is 15.9. The Morgan fingerprint density at radius 3 is 2.41 bits per heavy atom. The van der Waals surface area contributed by atoms with Crippen LogP contribution in [-0.4, -0.2) is 44.0 Å². The molecule has 1 aliphatic rings. The molecule has 146 valence electrons. The number of benzene rings is 1. The summed E-state index contributed by atoms with van der Waals surface area (Å²) in [5, 5.41) is 0. The highest BCUT2D eigenvalue weighted by atomic mass is 32.2. The van der Waals surface area contributed by atoms with Crippen molar-refractivity contribution in [2.24, 2.45) is 7.05 Å². The molecule has 3 rings (SSSR count). The highest BCUT2D eigenvalue weighted by Gasteiger charge is 2.27. The van der Waals surface area contributed by atoms with Crippen LogP contribution in [0.25, 0.3) is 0 Å². The van der Waals surface area contributed by atoms with Gasteiger partial charge in [-0.2, -0.15) is 0 Å². The Morgan fingerprint density at radius 2 is 1.81 bits per heavy atom. The van der Waals surface area contributed by atoms with Crippen molar-refractivity contribution in [2.75, 3.05) is 20.2 Å². The van der Waals surface area contributed by atoms with Gasteiger partial charge in [-0.3, -0.25) is 4.79 Å². The molecule has 0 radical (unpaired) electrons. The third-order valence-electron chi connectivity index (χ3n) is 5.02. The zero-order valence-corrected chi connectivity index (χ0v) is 16.7. The number of rotatable bonds is 6. The van der Waals surface area contributed by atoms with Crippen molar-refractivity contribution in [3.63, 3.8) is 0 Å². The fraction of sp³-hybridized carbons (Fsp3) is 0.421. The minimum absolute atomic E-state index is 0.116. The average molecular weight is 391 g/mol. The van der Waals surface area contributed by atoms with Gasteiger partial charge in [0, 0.05) is 32.4 Å². The maximum absolute atomic E-state index is 12.8. The highest BCUT2D eigenvalue weighted by molar-refractivity contribution is 7.89. The molecule has 8 heteroatoms. The fourth-order valence-electron chi connectivity index (χ4n) is 3.23. The smallest absolute Gasteiger partial charge is 0.270 e. The van der Waals surface area contributed by atoms with Crippen LogP contribution in [0.15, 0.2) is 35.2 Å². The molecule has 1 saturated heterocycles. The lowest BCUT2D eigenvalue weighted by Crippen LogP contribution is -2.29. The summed E-state index contributed by atoms with van der Waals surface area (Å²) in [6, 6.07) is 8.66. The standard InChI is InChI=1S/C19H25N3O4S/c1-14-18(12-17(21(14)2)19(23)22-10-4-5-11-22)27(24,25)20-13-15-6-8-16(26-3)9-7-15/h6-9,12,20H,4-5,10-11,13H2,1-3H3. The summed E-state index contributed by atoms with van der Waals surface area (Å²) >= 11 is 0. The van der Waals surface area contributed by atoms with Gasteiger partial charge in [-0.25, -0.2) is 13.1 Å². The van der Waals surface area contributed by atoms with E-state index in [0.29, 0.717) is 17.1 Å². The van der Waals surface area contributed by atoms with Gasteiger partial charge in [0.05, 0.1) is 7.11 Å². The van der Waals surface area contributed by atoms with Crippen LogP contribution in [0.1, 0.15) is 34.6 Å². The topological polar surface area (TPSA) is 80.6 Å². The van der Waals surface area contributed by atoms with Crippen molar-refractivity contribution in [3.05, 3.63) is 47.3 Å². The molecule has 0 saturated carbocycles. The van der Waals surface area contributed by atoms with Gasteiger partial charge in [0.25, 0.3) is 5.91 Å². The second kappa shape index (κ2) is 7.74. The second-order valence-electron chi connectivity index (χ2n) is 6.71. The van der Waals surface area contributed by atoms with Crippen molar-refractivity contribution in [2.45, 2.75) is 31.2 Å². The van der Waals surface area contributed by atoms with E-state index < -0.39 is 10.0 Å². The van der Waals surface area contributed by atoms with Crippen LogP contribution in [0.3, 0.4) is 0 Å². The van der Waals surface area contributed by atoms with Gasteiger partial charge in [0.2, 0.25) is 10.0 Å². The second-order valence-corrected chi connectivity index (χ2v) is 8.45. The number of amides is 1. The summed E-state index contributed by atoms with van der Waals surface area (Å²) in [7, 11) is -0.433. The van der Waals surface area contributed by atoms with E-state index in [1.807, 2.05) is 12.1 Å². The predicted molar refractivity (Wildman–Crippen MR) is 102 cm³/mol. The number of ether oxygens (including phenoxy) is 1. The van der Waals surface area contributed by atoms with Crippen LogP contribution in [0.2, 0.25) is 0 Å². The number of nitrogens with zero attached hydrogens (tertiary/aromatic N) is 2. The van der Waals surface area contributed by atoms with Crippen molar-refractivity contribution in [3.8, 4) is 5.75 Å². The molecule has 1 fully saturated rings. The summed E-state index contributed by atoms with van der Waals surface area (Å²) in [5.74, 6) is 0.597. The first kappa shape index (κ1) is 19.4. The normalized spacial score (nSPS) is 14.6. The van der Waals surface area contributed by atoms with E-state index in [0.717, 1.165) is 31.5 Å². The molecule has 1 aromatic carbocycles. The summed E-state index contributed by atoms with van der Waals surface area (Å²) in [6.45, 7) is 3.32. The predicted octanol–water partition coefficient (Wildman–Crippen LogP) is 2.06. The van der Waals surface area contributed by atoms with E-state index in [4.69, 9.17) is 4.74 Å². The molecule has 27 heavy (non-hydrogen) atoms. The lowest BCUT2D eigenvalue weighted by molar-refractivity contribution is 0.0783. The van der Waals surface area contributed by atoms with Crippen LogP contribution >= 0.6 is 0 Å². The number of carbonyl (C=O) groups is 1. The van der Waals surface area contributed by atoms with Crippen molar-refractivity contribution in [1.29, 1.82) is 0 Å².